The van der Waals surface area contributed by atoms with Gasteiger partial charge in [0.1, 0.15) is 17.3 Å². The molecule has 0 aliphatic carbocycles. The van der Waals surface area contributed by atoms with E-state index in [0.717, 1.165) is 22.6 Å². The van der Waals surface area contributed by atoms with Crippen molar-refractivity contribution in [3.05, 3.63) is 58.7 Å². The summed E-state index contributed by atoms with van der Waals surface area (Å²) < 4.78 is 5.84. The van der Waals surface area contributed by atoms with E-state index in [0.29, 0.717) is 0 Å². The summed E-state index contributed by atoms with van der Waals surface area (Å²) in [6.07, 6.45) is 0. The first-order valence-electron chi connectivity index (χ1n) is 6.17. The van der Waals surface area contributed by atoms with Crippen molar-refractivity contribution >= 4 is 5.84 Å². The topological polar surface area (TPSA) is 59.1 Å². The molecule has 19 heavy (non-hydrogen) atoms. The van der Waals surface area contributed by atoms with Gasteiger partial charge < -0.3 is 10.5 Å². The van der Waals surface area contributed by atoms with E-state index in [4.69, 9.17) is 15.9 Å². The number of hydrogen-bond donors (Lipinski definition) is 2. The second-order valence-electron chi connectivity index (χ2n) is 4.82. The number of hydrogen-bond acceptors (Lipinski definition) is 2. The Morgan fingerprint density at radius 1 is 0.947 bits per heavy atom. The maximum atomic E-state index is 7.46. The molecule has 0 radical (unpaired) electrons. The third-order valence-electron chi connectivity index (χ3n) is 2.92. The molecular weight excluding hydrogens is 236 g/mol. The van der Waals surface area contributed by atoms with Crippen LogP contribution in [0.2, 0.25) is 0 Å². The Kier molecular flexibility index (Phi) is 3.56. The Morgan fingerprint density at radius 3 is 2.11 bits per heavy atom. The smallest absolute Gasteiger partial charge is 0.127 e. The summed E-state index contributed by atoms with van der Waals surface area (Å²) in [6.45, 7) is 6.01. The molecule has 0 unspecified atom stereocenters. The number of ether oxygens (including phenoxy) is 1. The molecule has 0 bridgehead atoms. The molecule has 0 aliphatic heterocycles. The summed E-state index contributed by atoms with van der Waals surface area (Å²) in [4.78, 5) is 0. The van der Waals surface area contributed by atoms with Crippen LogP contribution in [0.5, 0.6) is 11.5 Å². The SMILES string of the molecule is Cc1cc(C)cc(Oc2ccc(C(=N)N)c(C)c2)c1. The normalized spacial score (nSPS) is 10.3. The molecule has 0 heterocycles. The van der Waals surface area contributed by atoms with Crippen molar-refractivity contribution in [2.24, 2.45) is 5.73 Å². The molecule has 0 aromatic heterocycles. The summed E-state index contributed by atoms with van der Waals surface area (Å²) in [5.41, 5.74) is 9.53. The molecule has 3 N–H and O–H groups in total. The fraction of sp³-hybridized carbons (Fsp3) is 0.188. The van der Waals surface area contributed by atoms with Crippen LogP contribution in [0.25, 0.3) is 0 Å². The minimum absolute atomic E-state index is 0.0791. The number of amidine groups is 1. The van der Waals surface area contributed by atoms with Crippen molar-refractivity contribution in [2.45, 2.75) is 20.8 Å². The molecule has 0 fully saturated rings. The van der Waals surface area contributed by atoms with Crippen LogP contribution in [-0.2, 0) is 0 Å². The average molecular weight is 254 g/mol. The zero-order valence-corrected chi connectivity index (χ0v) is 11.4. The highest BCUT2D eigenvalue weighted by Crippen LogP contribution is 2.25. The quantitative estimate of drug-likeness (QED) is 0.648. The number of nitrogen functional groups attached to an aromatic ring is 1. The Balaban J connectivity index is 2.28. The second kappa shape index (κ2) is 5.14. The molecule has 3 nitrogen and oxygen atoms in total. The third kappa shape index (κ3) is 3.13. The van der Waals surface area contributed by atoms with Gasteiger partial charge in [0.05, 0.1) is 0 Å². The zero-order valence-electron chi connectivity index (χ0n) is 11.4. The van der Waals surface area contributed by atoms with Gasteiger partial charge in [-0.1, -0.05) is 6.07 Å². The fourth-order valence-corrected chi connectivity index (χ4v) is 2.13. The first-order valence-corrected chi connectivity index (χ1v) is 6.17. The van der Waals surface area contributed by atoms with Crippen LogP contribution in [-0.4, -0.2) is 5.84 Å². The van der Waals surface area contributed by atoms with Gasteiger partial charge in [0.15, 0.2) is 0 Å². The largest absolute Gasteiger partial charge is 0.457 e. The molecular formula is C16H18N2O. The van der Waals surface area contributed by atoms with E-state index in [9.17, 15) is 0 Å². The number of nitrogens with two attached hydrogens (primary N) is 1. The minimum atomic E-state index is 0.0791. The predicted octanol–water partition coefficient (Wildman–Crippen LogP) is 3.69. The lowest BCUT2D eigenvalue weighted by atomic mass is 10.1. The molecule has 0 amide bonds. The Morgan fingerprint density at radius 2 is 1.58 bits per heavy atom. The predicted molar refractivity (Wildman–Crippen MR) is 78.2 cm³/mol. The Bertz CT molecular complexity index is 612. The van der Waals surface area contributed by atoms with Gasteiger partial charge in [-0.15, -0.1) is 0 Å². The van der Waals surface area contributed by atoms with Crippen molar-refractivity contribution in [2.75, 3.05) is 0 Å². The number of rotatable bonds is 3. The van der Waals surface area contributed by atoms with Crippen LogP contribution in [0.1, 0.15) is 22.3 Å². The van der Waals surface area contributed by atoms with Crippen molar-refractivity contribution in [1.29, 1.82) is 5.41 Å². The van der Waals surface area contributed by atoms with Crippen molar-refractivity contribution < 1.29 is 4.74 Å². The van der Waals surface area contributed by atoms with Crippen LogP contribution in [0.3, 0.4) is 0 Å². The Hall–Kier alpha value is -2.29. The van der Waals surface area contributed by atoms with Crippen LogP contribution < -0.4 is 10.5 Å². The van der Waals surface area contributed by atoms with Crippen molar-refractivity contribution in [3.63, 3.8) is 0 Å². The van der Waals surface area contributed by atoms with Crippen LogP contribution in [0.4, 0.5) is 0 Å². The maximum absolute atomic E-state index is 7.46. The molecule has 0 atom stereocenters. The van der Waals surface area contributed by atoms with E-state index in [1.165, 1.54) is 11.1 Å². The Labute approximate surface area is 113 Å². The highest BCUT2D eigenvalue weighted by molar-refractivity contribution is 5.96. The van der Waals surface area contributed by atoms with E-state index >= 15 is 0 Å². The van der Waals surface area contributed by atoms with E-state index in [1.54, 1.807) is 0 Å². The van der Waals surface area contributed by atoms with Crippen LogP contribution in [0, 0.1) is 26.2 Å². The molecule has 98 valence electrons. The number of aryl methyl sites for hydroxylation is 3. The molecule has 0 saturated carbocycles. The van der Waals surface area contributed by atoms with Crippen LogP contribution >= 0.6 is 0 Å². The van der Waals surface area contributed by atoms with Gasteiger partial charge in [-0.3, -0.25) is 5.41 Å². The summed E-state index contributed by atoms with van der Waals surface area (Å²) in [5, 5.41) is 7.46. The number of benzene rings is 2. The van der Waals surface area contributed by atoms with E-state index < -0.39 is 0 Å². The third-order valence-corrected chi connectivity index (χ3v) is 2.92. The molecule has 2 rings (SSSR count). The standard InChI is InChI=1S/C16H18N2O/c1-10-6-11(2)8-14(7-10)19-13-4-5-15(16(17)18)12(3)9-13/h4-9H,1-3H3,(H3,17,18). The van der Waals surface area contributed by atoms with Gasteiger partial charge in [0.25, 0.3) is 0 Å². The van der Waals surface area contributed by atoms with E-state index in [-0.39, 0.29) is 5.84 Å². The van der Waals surface area contributed by atoms with E-state index in [1.807, 2.05) is 51.1 Å². The van der Waals surface area contributed by atoms with Gasteiger partial charge in [0, 0.05) is 5.56 Å². The summed E-state index contributed by atoms with van der Waals surface area (Å²) in [5.74, 6) is 1.66. The van der Waals surface area contributed by atoms with Crippen molar-refractivity contribution in [3.8, 4) is 11.5 Å². The highest BCUT2D eigenvalue weighted by atomic mass is 16.5. The van der Waals surface area contributed by atoms with Crippen LogP contribution in [0.15, 0.2) is 36.4 Å². The monoisotopic (exact) mass is 254 g/mol. The zero-order chi connectivity index (χ0) is 14.0. The molecule has 0 spiro atoms. The molecule has 3 heteroatoms. The first kappa shape index (κ1) is 13.1. The minimum Gasteiger partial charge on any atom is -0.457 e. The van der Waals surface area contributed by atoms with Gasteiger partial charge in [0.2, 0.25) is 0 Å². The molecule has 2 aromatic rings. The van der Waals surface area contributed by atoms with Gasteiger partial charge in [-0.25, -0.2) is 0 Å². The first-order chi connectivity index (χ1) is 8.95. The van der Waals surface area contributed by atoms with Gasteiger partial charge >= 0.3 is 0 Å². The lowest BCUT2D eigenvalue weighted by Crippen LogP contribution is -2.12. The number of nitrogens with one attached hydrogen (secondary N) is 1. The van der Waals surface area contributed by atoms with Gasteiger partial charge in [-0.2, -0.15) is 0 Å². The highest BCUT2D eigenvalue weighted by Gasteiger charge is 2.05. The summed E-state index contributed by atoms with van der Waals surface area (Å²) in [7, 11) is 0. The second-order valence-corrected chi connectivity index (χ2v) is 4.82. The lowest BCUT2D eigenvalue weighted by molar-refractivity contribution is 0.481. The molecule has 0 saturated heterocycles. The fourth-order valence-electron chi connectivity index (χ4n) is 2.13. The molecule has 2 aromatic carbocycles. The van der Waals surface area contributed by atoms with Gasteiger partial charge in [-0.05, 0) is 67.8 Å². The summed E-state index contributed by atoms with van der Waals surface area (Å²) in [6, 6.07) is 11.7. The molecule has 0 aliphatic rings. The van der Waals surface area contributed by atoms with E-state index in [2.05, 4.69) is 6.07 Å². The lowest BCUT2D eigenvalue weighted by Gasteiger charge is -2.10. The average Bonchev–Trinajstić information content (AvgIpc) is 2.26. The summed E-state index contributed by atoms with van der Waals surface area (Å²) >= 11 is 0. The van der Waals surface area contributed by atoms with Crippen molar-refractivity contribution in [1.82, 2.24) is 0 Å². The maximum Gasteiger partial charge on any atom is 0.127 e.